The number of piperidine rings is 1. The van der Waals surface area contributed by atoms with Crippen molar-refractivity contribution >= 4 is 0 Å². The van der Waals surface area contributed by atoms with E-state index in [2.05, 4.69) is 4.74 Å². The summed E-state index contributed by atoms with van der Waals surface area (Å²) in [5, 5.41) is 0. The van der Waals surface area contributed by atoms with Crippen LogP contribution in [0.2, 0.25) is 0 Å². The number of halogens is 3. The van der Waals surface area contributed by atoms with Crippen molar-refractivity contribution in [3.8, 4) is 0 Å². The van der Waals surface area contributed by atoms with Crippen LogP contribution in [0.25, 0.3) is 0 Å². The van der Waals surface area contributed by atoms with Gasteiger partial charge in [0.1, 0.15) is 0 Å². The van der Waals surface area contributed by atoms with Gasteiger partial charge in [-0.25, -0.2) is 4.90 Å². The summed E-state index contributed by atoms with van der Waals surface area (Å²) in [4.78, 5) is 1.11. The van der Waals surface area contributed by atoms with Crippen molar-refractivity contribution in [2.45, 2.75) is 32.4 Å². The average molecular weight is 199 g/mol. The van der Waals surface area contributed by atoms with Gasteiger partial charge in [0.25, 0.3) is 0 Å². The quantitative estimate of drug-likeness (QED) is 0.646. The number of hydrogen-bond donors (Lipinski definition) is 0. The van der Waals surface area contributed by atoms with Crippen LogP contribution in [0.5, 0.6) is 0 Å². The van der Waals surface area contributed by atoms with E-state index in [0.717, 1.165) is 24.2 Å². The number of ether oxygens (including phenoxy) is 1. The van der Waals surface area contributed by atoms with Crippen LogP contribution in [0.1, 0.15) is 26.2 Å². The van der Waals surface area contributed by atoms with Crippen molar-refractivity contribution in [2.24, 2.45) is 0 Å². The maximum absolute atomic E-state index is 13.0. The molecule has 0 spiro atoms. The first-order valence-corrected chi connectivity index (χ1v) is 4.43. The highest BCUT2D eigenvalue weighted by Crippen LogP contribution is 2.24. The molecule has 0 aromatic heterocycles. The third-order valence-corrected chi connectivity index (χ3v) is 2.04. The van der Waals surface area contributed by atoms with E-state index >= 15 is 0 Å². The molecule has 1 heterocycles. The summed E-state index contributed by atoms with van der Waals surface area (Å²) in [6.07, 6.45) is -0.292. The Bertz CT molecular complexity index is 137. The predicted octanol–water partition coefficient (Wildman–Crippen LogP) is 2.21. The highest BCUT2D eigenvalue weighted by atomic mass is 19.3. The summed E-state index contributed by atoms with van der Waals surface area (Å²) < 4.78 is 30.4. The molecule has 1 saturated heterocycles. The largest absolute Gasteiger partial charge is 0.424 e. The monoisotopic (exact) mass is 199 g/mol. The van der Waals surface area contributed by atoms with Gasteiger partial charge in [-0.15, -0.1) is 0 Å². The number of rotatable bonds is 3. The molecule has 0 aromatic carbocycles. The number of likely N-dealkylation sites (tertiary alicyclic amines) is 1. The molecule has 5 heteroatoms. The summed E-state index contributed by atoms with van der Waals surface area (Å²) in [7, 11) is 0. The molecule has 0 saturated carbocycles. The van der Waals surface area contributed by atoms with E-state index in [-0.39, 0.29) is 11.3 Å². The fourth-order valence-electron chi connectivity index (χ4n) is 1.42. The van der Waals surface area contributed by atoms with Crippen molar-refractivity contribution in [3.05, 3.63) is 0 Å². The first kappa shape index (κ1) is 12.7. The third kappa shape index (κ3) is 3.52. The zero-order valence-corrected chi connectivity index (χ0v) is 7.76. The molecule has 13 heavy (non-hydrogen) atoms. The predicted molar refractivity (Wildman–Crippen MR) is 44.5 cm³/mol. The van der Waals surface area contributed by atoms with E-state index in [0.29, 0.717) is 13.1 Å². The Morgan fingerprint density at radius 2 is 1.77 bits per heavy atom. The Hall–Kier alpha value is -0.290. The van der Waals surface area contributed by atoms with Gasteiger partial charge >= 0.3 is 6.23 Å². The Labute approximate surface area is 76.2 Å². The van der Waals surface area contributed by atoms with Crippen LogP contribution >= 0.6 is 0 Å². The first-order chi connectivity index (χ1) is 5.67. The minimum atomic E-state index is -3.05. The van der Waals surface area contributed by atoms with E-state index < -0.39 is 6.23 Å². The molecule has 0 N–H and O–H groups in total. The zero-order valence-electron chi connectivity index (χ0n) is 7.76. The van der Waals surface area contributed by atoms with Gasteiger partial charge in [-0.05, 0) is 19.8 Å². The van der Waals surface area contributed by atoms with Gasteiger partial charge in [0.05, 0.1) is 6.61 Å². The van der Waals surface area contributed by atoms with Gasteiger partial charge in [-0.1, -0.05) is 6.42 Å². The van der Waals surface area contributed by atoms with E-state index in [1.54, 1.807) is 6.92 Å². The van der Waals surface area contributed by atoms with Crippen LogP contribution in [0, 0.1) is 0 Å². The molecular formula is C8H16F3NO. The Morgan fingerprint density at radius 1 is 1.23 bits per heavy atom. The van der Waals surface area contributed by atoms with Crippen molar-refractivity contribution in [2.75, 3.05) is 19.7 Å². The van der Waals surface area contributed by atoms with Gasteiger partial charge in [0, 0.05) is 13.1 Å². The van der Waals surface area contributed by atoms with E-state index in [1.165, 1.54) is 0 Å². The van der Waals surface area contributed by atoms with Crippen LogP contribution in [0.3, 0.4) is 0 Å². The van der Waals surface area contributed by atoms with Crippen molar-refractivity contribution in [1.29, 1.82) is 0 Å². The van der Waals surface area contributed by atoms with Crippen LogP contribution in [-0.2, 0) is 4.74 Å². The average Bonchev–Trinajstić information content (AvgIpc) is 2.06. The maximum atomic E-state index is 13.0. The van der Waals surface area contributed by atoms with Crippen LogP contribution in [-0.4, -0.2) is 30.8 Å². The molecule has 1 aliphatic heterocycles. The first-order valence-electron chi connectivity index (χ1n) is 4.43. The summed E-state index contributed by atoms with van der Waals surface area (Å²) in [6, 6.07) is 0. The molecule has 1 aliphatic rings. The summed E-state index contributed by atoms with van der Waals surface area (Å²) in [5.74, 6) is 0. The lowest BCUT2D eigenvalue weighted by atomic mass is 10.1. The molecule has 0 radical (unpaired) electrons. The summed E-state index contributed by atoms with van der Waals surface area (Å²) in [5.41, 5.74) is 0. The van der Waals surface area contributed by atoms with Gasteiger partial charge in [0.2, 0.25) is 0 Å². The lowest BCUT2D eigenvalue weighted by Gasteiger charge is -2.32. The second-order valence-corrected chi connectivity index (χ2v) is 2.97. The Kier molecular flexibility index (Phi) is 5.32. The molecule has 1 fully saturated rings. The smallest absolute Gasteiger partial charge is 0.307 e. The SMILES string of the molecule is CCOC(F)(F)N1CCCCC1.F. The summed E-state index contributed by atoms with van der Waals surface area (Å²) >= 11 is 0. The second kappa shape index (κ2) is 5.44. The van der Waals surface area contributed by atoms with E-state index in [4.69, 9.17) is 0 Å². The molecule has 0 amide bonds. The molecule has 0 atom stereocenters. The lowest BCUT2D eigenvalue weighted by molar-refractivity contribution is -0.327. The zero-order chi connectivity index (χ0) is 9.03. The van der Waals surface area contributed by atoms with Gasteiger partial charge in [-0.3, -0.25) is 4.70 Å². The molecule has 1 rings (SSSR count). The van der Waals surface area contributed by atoms with Crippen molar-refractivity contribution in [1.82, 2.24) is 4.90 Å². The van der Waals surface area contributed by atoms with Crippen LogP contribution in [0.15, 0.2) is 0 Å². The maximum Gasteiger partial charge on any atom is 0.424 e. The Morgan fingerprint density at radius 3 is 2.23 bits per heavy atom. The number of hydrogen-bond acceptors (Lipinski definition) is 2. The molecule has 0 aromatic rings. The van der Waals surface area contributed by atoms with Gasteiger partial charge < -0.3 is 4.74 Å². The highest BCUT2D eigenvalue weighted by molar-refractivity contribution is 4.66. The minimum absolute atomic E-state index is 0. The highest BCUT2D eigenvalue weighted by Gasteiger charge is 2.38. The second-order valence-electron chi connectivity index (χ2n) is 2.97. The number of alkyl halides is 2. The van der Waals surface area contributed by atoms with E-state index in [9.17, 15) is 8.78 Å². The summed E-state index contributed by atoms with van der Waals surface area (Å²) in [6.45, 7) is 2.54. The van der Waals surface area contributed by atoms with Crippen LogP contribution < -0.4 is 0 Å². The van der Waals surface area contributed by atoms with Crippen molar-refractivity contribution in [3.63, 3.8) is 0 Å². The molecular weight excluding hydrogens is 183 g/mol. The minimum Gasteiger partial charge on any atom is -0.307 e. The van der Waals surface area contributed by atoms with Crippen LogP contribution in [0.4, 0.5) is 13.5 Å². The standard InChI is InChI=1S/C8H15F2NO.FH/c1-2-12-8(9,10)11-6-4-3-5-7-11;/h2-7H2,1H3;1H. The molecule has 2 nitrogen and oxygen atoms in total. The van der Waals surface area contributed by atoms with Gasteiger partial charge in [-0.2, -0.15) is 8.78 Å². The van der Waals surface area contributed by atoms with Crippen molar-refractivity contribution < 1.29 is 18.2 Å². The van der Waals surface area contributed by atoms with Gasteiger partial charge in [0.15, 0.2) is 0 Å². The number of nitrogens with zero attached hydrogens (tertiary/aromatic N) is 1. The fraction of sp³-hybridized carbons (Fsp3) is 1.00. The molecule has 0 aliphatic carbocycles. The lowest BCUT2D eigenvalue weighted by Crippen LogP contribution is -2.46. The topological polar surface area (TPSA) is 12.5 Å². The molecule has 80 valence electrons. The molecule has 0 bridgehead atoms. The van der Waals surface area contributed by atoms with E-state index in [1.807, 2.05) is 0 Å². The fourth-order valence-corrected chi connectivity index (χ4v) is 1.42. The molecule has 0 unspecified atom stereocenters. The Balaban J connectivity index is 0.00000144. The normalized spacial score (nSPS) is 19.6. The third-order valence-electron chi connectivity index (χ3n) is 2.04.